The third-order valence-electron chi connectivity index (χ3n) is 7.47. The molecular weight excluding hydrogens is 408 g/mol. The first-order valence-electron chi connectivity index (χ1n) is 12.8. The molecule has 1 saturated heterocycles. The van der Waals surface area contributed by atoms with Crippen molar-refractivity contribution in [3.8, 4) is 11.3 Å². The summed E-state index contributed by atoms with van der Waals surface area (Å²) in [5, 5.41) is 9.71. The molecule has 6 rings (SSSR count). The quantitative estimate of drug-likeness (QED) is 0.515. The Hall–Kier alpha value is -2.73. The number of fused-ring (bicyclic) bond motifs is 1. The van der Waals surface area contributed by atoms with Gasteiger partial charge in [0.25, 0.3) is 0 Å². The van der Waals surface area contributed by atoms with Crippen molar-refractivity contribution in [1.29, 1.82) is 0 Å². The lowest BCUT2D eigenvalue weighted by molar-refractivity contribution is 0.322. The average Bonchev–Trinajstić information content (AvgIpc) is 3.56. The number of hydrogen-bond acceptors (Lipinski definition) is 6. The van der Waals surface area contributed by atoms with Crippen LogP contribution < -0.4 is 10.6 Å². The molecule has 3 fully saturated rings. The number of nitrogens with zero attached hydrogens (tertiary/aromatic N) is 4. The molecule has 0 aromatic carbocycles. The molecule has 0 bridgehead atoms. The fourth-order valence-electron chi connectivity index (χ4n) is 5.46. The van der Waals surface area contributed by atoms with Crippen LogP contribution in [0, 0.1) is 5.92 Å². The monoisotopic (exact) mass is 442 g/mol. The zero-order valence-electron chi connectivity index (χ0n) is 19.3. The lowest BCUT2D eigenvalue weighted by Gasteiger charge is -2.23. The fourth-order valence-corrected chi connectivity index (χ4v) is 5.46. The van der Waals surface area contributed by atoms with Gasteiger partial charge >= 0.3 is 0 Å². The van der Waals surface area contributed by atoms with E-state index in [0.29, 0.717) is 12.1 Å². The van der Waals surface area contributed by atoms with Gasteiger partial charge in [-0.05, 0) is 62.3 Å². The number of hydrogen-bond donors (Lipinski definition) is 2. The van der Waals surface area contributed by atoms with Gasteiger partial charge in [-0.2, -0.15) is 0 Å². The Morgan fingerprint density at radius 1 is 0.909 bits per heavy atom. The van der Waals surface area contributed by atoms with Crippen LogP contribution in [0.15, 0.2) is 42.9 Å². The Kier molecular flexibility index (Phi) is 5.85. The molecule has 3 aromatic heterocycles. The van der Waals surface area contributed by atoms with Crippen molar-refractivity contribution in [3.63, 3.8) is 0 Å². The molecule has 0 unspecified atom stereocenters. The van der Waals surface area contributed by atoms with Crippen LogP contribution in [0.1, 0.15) is 51.4 Å². The summed E-state index contributed by atoms with van der Waals surface area (Å²) in [7, 11) is 0. The molecule has 1 aliphatic heterocycles. The number of anilines is 2. The second-order valence-electron chi connectivity index (χ2n) is 10.2. The van der Waals surface area contributed by atoms with Gasteiger partial charge in [-0.1, -0.05) is 19.3 Å². The molecule has 2 saturated carbocycles. The van der Waals surface area contributed by atoms with Crippen molar-refractivity contribution in [2.45, 2.75) is 63.5 Å². The third-order valence-corrected chi connectivity index (χ3v) is 7.47. The van der Waals surface area contributed by atoms with Crippen LogP contribution in [0.3, 0.4) is 0 Å². The molecular formula is C27H34N6. The summed E-state index contributed by atoms with van der Waals surface area (Å²) in [6.07, 6.45) is 16.2. The topological polar surface area (TPSA) is 66.0 Å². The van der Waals surface area contributed by atoms with Crippen molar-refractivity contribution in [1.82, 2.24) is 19.9 Å². The molecule has 172 valence electrons. The highest BCUT2D eigenvalue weighted by Gasteiger charge is 2.29. The van der Waals surface area contributed by atoms with Gasteiger partial charge < -0.3 is 15.5 Å². The second kappa shape index (κ2) is 9.26. The minimum absolute atomic E-state index is 0.448. The van der Waals surface area contributed by atoms with Gasteiger partial charge in [-0.3, -0.25) is 4.98 Å². The van der Waals surface area contributed by atoms with Gasteiger partial charge in [0.05, 0.1) is 5.69 Å². The van der Waals surface area contributed by atoms with Gasteiger partial charge in [-0.25, -0.2) is 9.97 Å². The molecule has 6 nitrogen and oxygen atoms in total. The molecule has 0 spiro atoms. The van der Waals surface area contributed by atoms with E-state index in [0.717, 1.165) is 46.1 Å². The minimum Gasteiger partial charge on any atom is -0.367 e. The molecule has 3 aliphatic rings. The van der Waals surface area contributed by atoms with E-state index < -0.39 is 0 Å². The Morgan fingerprint density at radius 3 is 2.70 bits per heavy atom. The number of aromatic nitrogens is 3. The first kappa shape index (κ1) is 20.8. The van der Waals surface area contributed by atoms with Gasteiger partial charge in [-0.15, -0.1) is 0 Å². The van der Waals surface area contributed by atoms with Crippen molar-refractivity contribution in [3.05, 3.63) is 42.9 Å². The van der Waals surface area contributed by atoms with E-state index in [4.69, 9.17) is 4.98 Å². The number of nitrogens with one attached hydrogen (secondary N) is 2. The Bertz CT molecular complexity index is 1100. The lowest BCUT2D eigenvalue weighted by atomic mass is 9.95. The van der Waals surface area contributed by atoms with Crippen molar-refractivity contribution < 1.29 is 0 Å². The largest absolute Gasteiger partial charge is 0.367 e. The molecule has 3 aromatic rings. The summed E-state index contributed by atoms with van der Waals surface area (Å²) in [4.78, 5) is 16.7. The van der Waals surface area contributed by atoms with E-state index in [-0.39, 0.29) is 0 Å². The smallest absolute Gasteiger partial charge is 0.134 e. The van der Waals surface area contributed by atoms with Crippen LogP contribution in [0.5, 0.6) is 0 Å². The van der Waals surface area contributed by atoms with E-state index in [1.165, 1.54) is 64.5 Å². The molecule has 4 heterocycles. The predicted octanol–water partition coefficient (Wildman–Crippen LogP) is 5.33. The van der Waals surface area contributed by atoms with Gasteiger partial charge in [0.1, 0.15) is 11.6 Å². The summed E-state index contributed by atoms with van der Waals surface area (Å²) in [5.41, 5.74) is 2.07. The highest BCUT2D eigenvalue weighted by Crippen LogP contribution is 2.32. The van der Waals surface area contributed by atoms with Crippen LogP contribution in [-0.2, 0) is 0 Å². The minimum atomic E-state index is 0.448. The lowest BCUT2D eigenvalue weighted by Crippen LogP contribution is -2.28. The van der Waals surface area contributed by atoms with Crippen molar-refractivity contribution in [2.24, 2.45) is 5.92 Å². The molecule has 33 heavy (non-hydrogen) atoms. The number of likely N-dealkylation sites (tertiary alicyclic amines) is 1. The first-order valence-corrected chi connectivity index (χ1v) is 12.8. The fraction of sp³-hybridized carbons (Fsp3) is 0.519. The Balaban J connectivity index is 1.25. The summed E-state index contributed by atoms with van der Waals surface area (Å²) < 4.78 is 0. The second-order valence-corrected chi connectivity index (χ2v) is 10.2. The SMILES string of the molecule is c1cc2c(N[C@H]3CCN(CC4CC4)C3)nc(-c3ccnc(NC4CCCCC4)c3)cc2cn1. The summed E-state index contributed by atoms with van der Waals surface area (Å²) >= 11 is 0. The predicted molar refractivity (Wildman–Crippen MR) is 134 cm³/mol. The highest BCUT2D eigenvalue weighted by molar-refractivity contribution is 5.94. The van der Waals surface area contributed by atoms with Crippen molar-refractivity contribution >= 4 is 22.4 Å². The zero-order valence-corrected chi connectivity index (χ0v) is 19.3. The van der Waals surface area contributed by atoms with Crippen LogP contribution in [0.2, 0.25) is 0 Å². The first-order chi connectivity index (χ1) is 16.3. The normalized spacial score (nSPS) is 22.0. The van der Waals surface area contributed by atoms with Crippen molar-refractivity contribution in [2.75, 3.05) is 30.3 Å². The third kappa shape index (κ3) is 4.96. The van der Waals surface area contributed by atoms with Crippen LogP contribution >= 0.6 is 0 Å². The molecule has 2 aliphatic carbocycles. The maximum Gasteiger partial charge on any atom is 0.134 e. The zero-order chi connectivity index (χ0) is 22.0. The van der Waals surface area contributed by atoms with E-state index in [1.54, 1.807) is 0 Å². The van der Waals surface area contributed by atoms with E-state index in [9.17, 15) is 0 Å². The maximum absolute atomic E-state index is 5.11. The van der Waals surface area contributed by atoms with Crippen LogP contribution in [0.4, 0.5) is 11.6 Å². The highest BCUT2D eigenvalue weighted by atomic mass is 15.2. The van der Waals surface area contributed by atoms with Gasteiger partial charge in [0.15, 0.2) is 0 Å². The summed E-state index contributed by atoms with van der Waals surface area (Å²) in [6.45, 7) is 3.57. The van der Waals surface area contributed by atoms with Crippen LogP contribution in [-0.4, -0.2) is 51.6 Å². The standard InChI is InChI=1S/C27H34N6/c1-2-4-22(5-3-1)30-26-15-20(8-12-29-26)25-14-21-16-28-11-9-24(21)27(32-25)31-23-10-13-33(18-23)17-19-6-7-19/h8-9,11-12,14-16,19,22-23H,1-7,10,13,17-18H2,(H,29,30)(H,31,32)/t23-/m0/s1. The van der Waals surface area contributed by atoms with Gasteiger partial charge in [0.2, 0.25) is 0 Å². The van der Waals surface area contributed by atoms with E-state index in [1.807, 2.05) is 18.6 Å². The average molecular weight is 443 g/mol. The number of rotatable bonds is 7. The summed E-state index contributed by atoms with van der Waals surface area (Å²) in [5.74, 6) is 2.87. The Labute approximate surface area is 196 Å². The Morgan fingerprint density at radius 2 is 1.82 bits per heavy atom. The molecule has 2 N–H and O–H groups in total. The summed E-state index contributed by atoms with van der Waals surface area (Å²) in [6, 6.07) is 9.43. The van der Waals surface area contributed by atoms with Gasteiger partial charge in [0, 0.05) is 66.6 Å². The maximum atomic E-state index is 5.11. The van der Waals surface area contributed by atoms with E-state index >= 15 is 0 Å². The molecule has 6 heteroatoms. The molecule has 0 amide bonds. The number of pyridine rings is 3. The van der Waals surface area contributed by atoms with Crippen LogP contribution in [0.25, 0.3) is 22.0 Å². The van der Waals surface area contributed by atoms with E-state index in [2.05, 4.69) is 49.8 Å². The molecule has 1 atom stereocenters. The molecule has 0 radical (unpaired) electrons.